The van der Waals surface area contributed by atoms with Crippen molar-refractivity contribution in [1.82, 2.24) is 5.32 Å². The Kier molecular flexibility index (Phi) is 6.39. The molecule has 0 unspecified atom stereocenters. The van der Waals surface area contributed by atoms with Crippen molar-refractivity contribution in [2.45, 2.75) is 58.3 Å². The van der Waals surface area contributed by atoms with Crippen LogP contribution in [0, 0.1) is 6.92 Å². The van der Waals surface area contributed by atoms with Crippen molar-refractivity contribution in [2.75, 3.05) is 13.2 Å². The molecule has 0 saturated carbocycles. The Morgan fingerprint density at radius 1 is 0.912 bits per heavy atom. The minimum Gasteiger partial charge on any atom is -0.492 e. The van der Waals surface area contributed by atoms with Gasteiger partial charge in [-0.25, -0.2) is 0 Å². The molecule has 4 rings (SSSR count). The van der Waals surface area contributed by atoms with Gasteiger partial charge in [0.2, 0.25) is 5.78 Å². The predicted molar refractivity (Wildman–Crippen MR) is 133 cm³/mol. The van der Waals surface area contributed by atoms with Crippen LogP contribution in [0.2, 0.25) is 0 Å². The molecule has 1 heterocycles. The number of hydrogen-bond acceptors (Lipinski definition) is 4. The van der Waals surface area contributed by atoms with E-state index in [1.165, 1.54) is 11.1 Å². The number of carbonyl (C=O) groups excluding carboxylic acids is 2. The van der Waals surface area contributed by atoms with Crippen molar-refractivity contribution in [1.29, 1.82) is 0 Å². The van der Waals surface area contributed by atoms with Gasteiger partial charge in [0.05, 0.1) is 6.54 Å². The van der Waals surface area contributed by atoms with E-state index in [-0.39, 0.29) is 34.0 Å². The summed E-state index contributed by atoms with van der Waals surface area (Å²) in [4.78, 5) is 25.8. The standard InChI is InChI=1S/C29H33NO4/c1-19-17-22-23(29(4,5)14-13-28(22,2)3)18-21(19)26(31)24-11-12-25(34-24)27(32)30-15-16-33-20-9-7-6-8-10-20/h6-12,17-18H,13-16H2,1-5H3,(H,30,32). The zero-order valence-electron chi connectivity index (χ0n) is 20.7. The Morgan fingerprint density at radius 2 is 1.53 bits per heavy atom. The first-order chi connectivity index (χ1) is 16.1. The molecule has 0 radical (unpaired) electrons. The lowest BCUT2D eigenvalue weighted by Gasteiger charge is -2.42. The summed E-state index contributed by atoms with van der Waals surface area (Å²) in [6, 6.07) is 16.7. The second-order valence-electron chi connectivity index (χ2n) is 10.4. The number of fused-ring (bicyclic) bond motifs is 1. The summed E-state index contributed by atoms with van der Waals surface area (Å²) in [5.74, 6) is 0.447. The lowest BCUT2D eigenvalue weighted by atomic mass is 9.62. The average Bonchev–Trinajstić information content (AvgIpc) is 3.30. The Morgan fingerprint density at radius 3 is 2.21 bits per heavy atom. The normalized spacial score (nSPS) is 15.9. The fourth-order valence-electron chi connectivity index (χ4n) is 4.62. The van der Waals surface area contributed by atoms with E-state index >= 15 is 0 Å². The molecule has 0 spiro atoms. The molecule has 0 fully saturated rings. The molecule has 1 N–H and O–H groups in total. The number of furan rings is 1. The van der Waals surface area contributed by atoms with Gasteiger partial charge in [-0.05, 0) is 77.6 Å². The Hall–Kier alpha value is -3.34. The maximum atomic E-state index is 13.3. The molecule has 2 aromatic carbocycles. The van der Waals surface area contributed by atoms with Crippen LogP contribution >= 0.6 is 0 Å². The van der Waals surface area contributed by atoms with Crippen LogP contribution in [-0.2, 0) is 10.8 Å². The van der Waals surface area contributed by atoms with Crippen molar-refractivity contribution < 1.29 is 18.7 Å². The number of para-hydroxylation sites is 1. The topological polar surface area (TPSA) is 68.5 Å². The molecular weight excluding hydrogens is 426 g/mol. The van der Waals surface area contributed by atoms with Crippen LogP contribution in [0.4, 0.5) is 0 Å². The summed E-state index contributed by atoms with van der Waals surface area (Å²) in [7, 11) is 0. The van der Waals surface area contributed by atoms with Gasteiger partial charge in [0.1, 0.15) is 12.4 Å². The van der Waals surface area contributed by atoms with Crippen LogP contribution in [0.15, 0.2) is 59.0 Å². The van der Waals surface area contributed by atoms with Gasteiger partial charge in [0.15, 0.2) is 11.5 Å². The minimum atomic E-state index is -0.374. The number of aryl methyl sites for hydroxylation is 1. The third-order valence-corrected chi connectivity index (χ3v) is 6.90. The molecule has 3 aromatic rings. The number of nitrogens with one attached hydrogen (secondary N) is 1. The van der Waals surface area contributed by atoms with E-state index in [0.717, 1.165) is 24.2 Å². The van der Waals surface area contributed by atoms with Gasteiger partial charge < -0.3 is 14.5 Å². The summed E-state index contributed by atoms with van der Waals surface area (Å²) in [6.07, 6.45) is 2.19. The van der Waals surface area contributed by atoms with Crippen LogP contribution in [0.1, 0.15) is 83.9 Å². The van der Waals surface area contributed by atoms with E-state index in [2.05, 4.69) is 39.1 Å². The number of rotatable bonds is 7. The van der Waals surface area contributed by atoms with Crippen LogP contribution in [-0.4, -0.2) is 24.8 Å². The number of carbonyl (C=O) groups is 2. The highest BCUT2D eigenvalue weighted by Crippen LogP contribution is 2.46. The summed E-state index contributed by atoms with van der Waals surface area (Å²) >= 11 is 0. The molecule has 0 aliphatic heterocycles. The number of hydrogen-bond donors (Lipinski definition) is 1. The van der Waals surface area contributed by atoms with Crippen LogP contribution in [0.25, 0.3) is 0 Å². The molecule has 1 aliphatic carbocycles. The molecule has 1 amide bonds. The van der Waals surface area contributed by atoms with Crippen molar-refractivity contribution in [2.24, 2.45) is 0 Å². The average molecular weight is 460 g/mol. The summed E-state index contributed by atoms with van der Waals surface area (Å²) < 4.78 is 11.3. The van der Waals surface area contributed by atoms with Crippen LogP contribution in [0.3, 0.4) is 0 Å². The fraction of sp³-hybridized carbons (Fsp3) is 0.379. The highest BCUT2D eigenvalue weighted by atomic mass is 16.5. The second-order valence-corrected chi connectivity index (χ2v) is 10.4. The third-order valence-electron chi connectivity index (χ3n) is 6.90. The number of ether oxygens (including phenoxy) is 1. The van der Waals surface area contributed by atoms with Gasteiger partial charge in [-0.3, -0.25) is 9.59 Å². The maximum Gasteiger partial charge on any atom is 0.287 e. The SMILES string of the molecule is Cc1cc2c(cc1C(=O)c1ccc(C(=O)NCCOc3ccccc3)o1)C(C)(C)CCC2(C)C. The van der Waals surface area contributed by atoms with E-state index in [4.69, 9.17) is 9.15 Å². The van der Waals surface area contributed by atoms with Crippen LogP contribution < -0.4 is 10.1 Å². The lowest BCUT2D eigenvalue weighted by molar-refractivity contribution is 0.0913. The largest absolute Gasteiger partial charge is 0.492 e. The number of amides is 1. The van der Waals surface area contributed by atoms with Crippen molar-refractivity contribution >= 4 is 11.7 Å². The third kappa shape index (κ3) is 4.79. The summed E-state index contributed by atoms with van der Waals surface area (Å²) in [5, 5.41) is 2.76. The van der Waals surface area contributed by atoms with E-state index in [1.807, 2.05) is 43.3 Å². The Labute approximate surface area is 201 Å². The molecule has 5 heteroatoms. The zero-order chi connectivity index (χ0) is 24.5. The Bertz CT molecular complexity index is 1200. The van der Waals surface area contributed by atoms with E-state index < -0.39 is 0 Å². The van der Waals surface area contributed by atoms with Crippen molar-refractivity contribution in [3.8, 4) is 5.75 Å². The zero-order valence-corrected chi connectivity index (χ0v) is 20.7. The monoisotopic (exact) mass is 459 g/mol. The van der Waals surface area contributed by atoms with E-state index in [9.17, 15) is 9.59 Å². The molecule has 1 aromatic heterocycles. The molecule has 0 saturated heterocycles. The summed E-state index contributed by atoms with van der Waals surface area (Å²) in [6.45, 7) is 11.6. The number of ketones is 1. The lowest BCUT2D eigenvalue weighted by Crippen LogP contribution is -2.34. The second kappa shape index (κ2) is 9.13. The molecule has 0 bridgehead atoms. The smallest absolute Gasteiger partial charge is 0.287 e. The molecule has 5 nitrogen and oxygen atoms in total. The maximum absolute atomic E-state index is 13.3. The fourth-order valence-corrected chi connectivity index (χ4v) is 4.62. The van der Waals surface area contributed by atoms with Gasteiger partial charge in [-0.15, -0.1) is 0 Å². The van der Waals surface area contributed by atoms with Gasteiger partial charge in [-0.1, -0.05) is 52.0 Å². The van der Waals surface area contributed by atoms with E-state index in [1.54, 1.807) is 12.1 Å². The highest BCUT2D eigenvalue weighted by Gasteiger charge is 2.38. The molecule has 0 atom stereocenters. The van der Waals surface area contributed by atoms with Crippen molar-refractivity contribution in [3.05, 3.63) is 88.4 Å². The van der Waals surface area contributed by atoms with Gasteiger partial charge in [-0.2, -0.15) is 0 Å². The van der Waals surface area contributed by atoms with Gasteiger partial charge >= 0.3 is 0 Å². The Balaban J connectivity index is 1.46. The molecule has 1 aliphatic rings. The minimum absolute atomic E-state index is 0.00359. The highest BCUT2D eigenvalue weighted by molar-refractivity contribution is 6.09. The summed E-state index contributed by atoms with van der Waals surface area (Å²) in [5.41, 5.74) is 4.17. The van der Waals surface area contributed by atoms with Gasteiger partial charge in [0, 0.05) is 5.56 Å². The van der Waals surface area contributed by atoms with E-state index in [0.29, 0.717) is 18.7 Å². The van der Waals surface area contributed by atoms with Crippen molar-refractivity contribution in [3.63, 3.8) is 0 Å². The first kappa shape index (κ1) is 23.8. The first-order valence-electron chi connectivity index (χ1n) is 11.8. The quantitative estimate of drug-likeness (QED) is 0.349. The number of benzene rings is 2. The first-order valence-corrected chi connectivity index (χ1v) is 11.8. The van der Waals surface area contributed by atoms with Crippen LogP contribution in [0.5, 0.6) is 5.75 Å². The van der Waals surface area contributed by atoms with Gasteiger partial charge in [0.25, 0.3) is 5.91 Å². The molecule has 178 valence electrons. The molecule has 34 heavy (non-hydrogen) atoms. The predicted octanol–water partition coefficient (Wildman–Crippen LogP) is 5.98. The molecular formula is C29H33NO4.